The largest absolute Gasteiger partial charge is 0.504 e. The molecule has 0 bridgehead atoms. The molecular formula is C17H20N2O5S2. The molecule has 0 radical (unpaired) electrons. The van der Waals surface area contributed by atoms with Gasteiger partial charge in [-0.3, -0.25) is 4.79 Å². The van der Waals surface area contributed by atoms with Crippen molar-refractivity contribution in [2.75, 3.05) is 13.7 Å². The minimum Gasteiger partial charge on any atom is -0.504 e. The molecule has 26 heavy (non-hydrogen) atoms. The van der Waals surface area contributed by atoms with Gasteiger partial charge in [0.1, 0.15) is 10.3 Å². The van der Waals surface area contributed by atoms with Crippen molar-refractivity contribution in [1.82, 2.24) is 9.62 Å². The first kappa shape index (κ1) is 18.7. The number of benzene rings is 1. The third-order valence-electron chi connectivity index (χ3n) is 4.28. The molecule has 2 aromatic rings. The van der Waals surface area contributed by atoms with E-state index in [-0.39, 0.29) is 22.4 Å². The van der Waals surface area contributed by atoms with Gasteiger partial charge >= 0.3 is 0 Å². The molecule has 0 saturated carbocycles. The van der Waals surface area contributed by atoms with E-state index in [1.807, 2.05) is 0 Å². The fraction of sp³-hybridized carbons (Fsp3) is 0.353. The highest BCUT2D eigenvalue weighted by molar-refractivity contribution is 7.91. The molecule has 1 saturated heterocycles. The number of aromatic hydroxyl groups is 1. The number of amides is 1. The molecule has 0 spiro atoms. The van der Waals surface area contributed by atoms with Crippen molar-refractivity contribution in [2.24, 2.45) is 0 Å². The summed E-state index contributed by atoms with van der Waals surface area (Å²) in [5.41, 5.74) is 0.749. The van der Waals surface area contributed by atoms with E-state index in [2.05, 4.69) is 5.32 Å². The first-order valence-corrected chi connectivity index (χ1v) is 10.4. The number of phenols is 1. The molecule has 2 N–H and O–H groups in total. The van der Waals surface area contributed by atoms with Crippen LogP contribution < -0.4 is 10.1 Å². The van der Waals surface area contributed by atoms with Crippen LogP contribution in [0.25, 0.3) is 0 Å². The Morgan fingerprint density at radius 1 is 1.42 bits per heavy atom. The second kappa shape index (κ2) is 7.65. The highest BCUT2D eigenvalue weighted by Gasteiger charge is 2.39. The summed E-state index contributed by atoms with van der Waals surface area (Å²) in [6, 6.07) is 7.32. The predicted octanol–water partition coefficient (Wildman–Crippen LogP) is 1.93. The minimum atomic E-state index is -3.65. The summed E-state index contributed by atoms with van der Waals surface area (Å²) < 4.78 is 32.0. The van der Waals surface area contributed by atoms with Crippen LogP contribution in [0.4, 0.5) is 0 Å². The number of thiophene rings is 1. The van der Waals surface area contributed by atoms with Gasteiger partial charge in [-0.15, -0.1) is 11.3 Å². The number of nitrogens with one attached hydrogen (secondary N) is 1. The number of ether oxygens (including phenoxy) is 1. The second-order valence-electron chi connectivity index (χ2n) is 5.93. The number of phenolic OH excluding ortho intramolecular Hbond substituents is 1. The van der Waals surface area contributed by atoms with Gasteiger partial charge in [-0.2, -0.15) is 4.31 Å². The molecule has 3 rings (SSSR count). The topological polar surface area (TPSA) is 95.9 Å². The lowest BCUT2D eigenvalue weighted by atomic mass is 10.2. The number of sulfonamides is 1. The van der Waals surface area contributed by atoms with Gasteiger partial charge in [-0.1, -0.05) is 12.1 Å². The Morgan fingerprint density at radius 3 is 2.92 bits per heavy atom. The number of carbonyl (C=O) groups excluding carboxylic acids is 1. The van der Waals surface area contributed by atoms with Crippen LogP contribution >= 0.6 is 11.3 Å². The van der Waals surface area contributed by atoms with Crippen molar-refractivity contribution >= 4 is 27.3 Å². The average Bonchev–Trinajstić information content (AvgIpc) is 3.32. The maximum atomic E-state index is 12.7. The van der Waals surface area contributed by atoms with Crippen molar-refractivity contribution in [3.63, 3.8) is 0 Å². The van der Waals surface area contributed by atoms with Crippen molar-refractivity contribution in [1.29, 1.82) is 0 Å². The van der Waals surface area contributed by atoms with Gasteiger partial charge in [0.25, 0.3) is 10.0 Å². The van der Waals surface area contributed by atoms with E-state index in [4.69, 9.17) is 4.74 Å². The Bertz CT molecular complexity index is 881. The lowest BCUT2D eigenvalue weighted by Gasteiger charge is -2.22. The van der Waals surface area contributed by atoms with E-state index in [0.717, 1.165) is 16.9 Å². The van der Waals surface area contributed by atoms with E-state index in [1.54, 1.807) is 29.6 Å². The average molecular weight is 396 g/mol. The Hall–Kier alpha value is -2.10. The Kier molecular flexibility index (Phi) is 5.49. The molecule has 1 aliphatic heterocycles. The van der Waals surface area contributed by atoms with Gasteiger partial charge in [0, 0.05) is 13.1 Å². The first-order valence-electron chi connectivity index (χ1n) is 8.12. The number of carbonyl (C=O) groups is 1. The van der Waals surface area contributed by atoms with Gasteiger partial charge in [-0.25, -0.2) is 8.42 Å². The molecule has 1 aromatic heterocycles. The summed E-state index contributed by atoms with van der Waals surface area (Å²) in [5.74, 6) is 0.0146. The molecule has 1 unspecified atom stereocenters. The molecule has 1 fully saturated rings. The van der Waals surface area contributed by atoms with Crippen LogP contribution in [0.3, 0.4) is 0 Å². The van der Waals surface area contributed by atoms with Crippen LogP contribution in [-0.2, 0) is 21.4 Å². The SMILES string of the molecule is COc1cc(CNC(=O)C2CCCN2S(=O)(=O)c2cccs2)ccc1O. The number of hydrogen-bond acceptors (Lipinski definition) is 6. The van der Waals surface area contributed by atoms with Gasteiger partial charge in [-0.05, 0) is 42.0 Å². The Balaban J connectivity index is 1.69. The standard InChI is InChI=1S/C17H20N2O5S2/c1-24-15-10-12(6-7-14(15)20)11-18-17(21)13-4-2-8-19(13)26(22,23)16-5-3-9-25-16/h3,5-7,9-10,13,20H,2,4,8,11H2,1H3,(H,18,21). The molecule has 1 aliphatic rings. The Labute approximate surface area is 156 Å². The number of rotatable bonds is 6. The monoisotopic (exact) mass is 396 g/mol. The number of hydrogen-bond donors (Lipinski definition) is 2. The van der Waals surface area contributed by atoms with Gasteiger partial charge < -0.3 is 15.2 Å². The zero-order chi connectivity index (χ0) is 18.7. The summed E-state index contributed by atoms with van der Waals surface area (Å²) in [6.07, 6.45) is 1.14. The van der Waals surface area contributed by atoms with E-state index in [0.29, 0.717) is 25.1 Å². The highest BCUT2D eigenvalue weighted by Crippen LogP contribution is 2.29. The van der Waals surface area contributed by atoms with Crippen molar-refractivity contribution < 1.29 is 23.1 Å². The molecule has 1 atom stereocenters. The smallest absolute Gasteiger partial charge is 0.253 e. The zero-order valence-electron chi connectivity index (χ0n) is 14.2. The summed E-state index contributed by atoms with van der Waals surface area (Å²) in [4.78, 5) is 12.6. The normalized spacial score (nSPS) is 18.0. The second-order valence-corrected chi connectivity index (χ2v) is 8.99. The van der Waals surface area contributed by atoms with Crippen LogP contribution in [-0.4, -0.2) is 43.4 Å². The molecule has 140 valence electrons. The van der Waals surface area contributed by atoms with Crippen molar-refractivity contribution in [3.05, 3.63) is 41.3 Å². The summed E-state index contributed by atoms with van der Waals surface area (Å²) >= 11 is 1.15. The highest BCUT2D eigenvalue weighted by atomic mass is 32.2. The Morgan fingerprint density at radius 2 is 2.23 bits per heavy atom. The molecule has 9 heteroatoms. The van der Waals surface area contributed by atoms with Crippen LogP contribution in [0.15, 0.2) is 39.9 Å². The third-order valence-corrected chi connectivity index (χ3v) is 7.56. The number of methoxy groups -OCH3 is 1. The third kappa shape index (κ3) is 3.69. The van der Waals surface area contributed by atoms with Crippen LogP contribution in [0.2, 0.25) is 0 Å². The van der Waals surface area contributed by atoms with Crippen molar-refractivity contribution in [3.8, 4) is 11.5 Å². The summed E-state index contributed by atoms with van der Waals surface area (Å²) in [6.45, 7) is 0.560. The molecule has 0 aliphatic carbocycles. The number of nitrogens with zero attached hydrogens (tertiary/aromatic N) is 1. The van der Waals surface area contributed by atoms with E-state index in [9.17, 15) is 18.3 Å². The summed E-state index contributed by atoms with van der Waals surface area (Å²) in [5, 5.41) is 14.1. The fourth-order valence-electron chi connectivity index (χ4n) is 2.95. The van der Waals surface area contributed by atoms with Crippen LogP contribution in [0.1, 0.15) is 18.4 Å². The lowest BCUT2D eigenvalue weighted by molar-refractivity contribution is -0.124. The molecule has 1 aromatic carbocycles. The van der Waals surface area contributed by atoms with E-state index >= 15 is 0 Å². The maximum Gasteiger partial charge on any atom is 0.253 e. The first-order chi connectivity index (χ1) is 12.4. The van der Waals surface area contributed by atoms with Gasteiger partial charge in [0.05, 0.1) is 7.11 Å². The molecular weight excluding hydrogens is 376 g/mol. The van der Waals surface area contributed by atoms with Gasteiger partial charge in [0.15, 0.2) is 11.5 Å². The maximum absolute atomic E-state index is 12.7. The molecule has 2 heterocycles. The quantitative estimate of drug-likeness (QED) is 0.778. The van der Waals surface area contributed by atoms with Gasteiger partial charge in [0.2, 0.25) is 5.91 Å². The van der Waals surface area contributed by atoms with E-state index in [1.165, 1.54) is 17.5 Å². The van der Waals surface area contributed by atoms with E-state index < -0.39 is 16.1 Å². The predicted molar refractivity (Wildman–Crippen MR) is 97.7 cm³/mol. The van der Waals surface area contributed by atoms with Crippen LogP contribution in [0.5, 0.6) is 11.5 Å². The fourth-order valence-corrected chi connectivity index (χ4v) is 5.73. The van der Waals surface area contributed by atoms with Crippen LogP contribution in [0, 0.1) is 0 Å². The summed E-state index contributed by atoms with van der Waals surface area (Å²) in [7, 11) is -2.20. The molecule has 7 nitrogen and oxygen atoms in total. The van der Waals surface area contributed by atoms with Crippen molar-refractivity contribution in [2.45, 2.75) is 29.6 Å². The zero-order valence-corrected chi connectivity index (χ0v) is 15.8. The molecule has 1 amide bonds. The minimum absolute atomic E-state index is 0.0200. The lowest BCUT2D eigenvalue weighted by Crippen LogP contribution is -2.45.